The zero-order chi connectivity index (χ0) is 14.0. The summed E-state index contributed by atoms with van der Waals surface area (Å²) in [4.78, 5) is 11.3. The van der Waals surface area contributed by atoms with E-state index in [1.165, 1.54) is 0 Å². The van der Waals surface area contributed by atoms with Crippen molar-refractivity contribution in [3.63, 3.8) is 0 Å². The van der Waals surface area contributed by atoms with Crippen molar-refractivity contribution in [1.82, 2.24) is 0 Å². The van der Waals surface area contributed by atoms with E-state index in [1.807, 2.05) is 13.8 Å². The first kappa shape index (κ1) is 15.3. The Morgan fingerprint density at radius 3 is 2.11 bits per heavy atom. The van der Waals surface area contributed by atoms with E-state index in [-0.39, 0.29) is 12.0 Å². The number of aliphatic carboxylic acids is 1. The maximum absolute atomic E-state index is 12.0. The average molecular weight is 268 g/mol. The second kappa shape index (κ2) is 5.07. The van der Waals surface area contributed by atoms with Crippen molar-refractivity contribution in [3.8, 4) is 0 Å². The summed E-state index contributed by atoms with van der Waals surface area (Å²) in [5, 5.41) is 9.23. The first-order valence-electron chi connectivity index (χ1n) is 5.94. The van der Waals surface area contributed by atoms with Gasteiger partial charge in [0.1, 0.15) is 6.61 Å². The molecule has 18 heavy (non-hydrogen) atoms. The first-order chi connectivity index (χ1) is 8.06. The number of hydrogen-bond acceptors (Lipinski definition) is 2. The van der Waals surface area contributed by atoms with E-state index in [9.17, 15) is 23.1 Å². The molecule has 0 aromatic rings. The summed E-state index contributed by atoms with van der Waals surface area (Å²) in [5.74, 6) is -1.06. The minimum Gasteiger partial charge on any atom is -0.481 e. The van der Waals surface area contributed by atoms with E-state index >= 15 is 0 Å². The fourth-order valence-electron chi connectivity index (χ4n) is 2.19. The third-order valence-electron chi connectivity index (χ3n) is 3.66. The molecule has 1 aliphatic carbocycles. The topological polar surface area (TPSA) is 46.5 Å². The molecule has 0 unspecified atom stereocenters. The molecule has 1 N–H and O–H groups in total. The maximum Gasteiger partial charge on any atom is 0.411 e. The summed E-state index contributed by atoms with van der Waals surface area (Å²) >= 11 is 0. The molecule has 106 valence electrons. The van der Waals surface area contributed by atoms with Gasteiger partial charge in [0.25, 0.3) is 0 Å². The second-order valence-corrected chi connectivity index (χ2v) is 5.86. The van der Waals surface area contributed by atoms with Crippen molar-refractivity contribution in [2.45, 2.75) is 45.7 Å². The van der Waals surface area contributed by atoms with Gasteiger partial charge in [0.05, 0.1) is 12.0 Å². The van der Waals surface area contributed by atoms with Gasteiger partial charge in [-0.2, -0.15) is 13.2 Å². The summed E-state index contributed by atoms with van der Waals surface area (Å²) in [6.07, 6.45) is -2.29. The van der Waals surface area contributed by atoms with Crippen LogP contribution in [0.15, 0.2) is 0 Å². The van der Waals surface area contributed by atoms with Crippen LogP contribution in [0.5, 0.6) is 0 Å². The highest BCUT2D eigenvalue weighted by Gasteiger charge is 2.45. The number of alkyl halides is 3. The minimum atomic E-state index is -4.41. The number of carboxylic acid groups (broad SMARTS) is 1. The van der Waals surface area contributed by atoms with Crippen LogP contribution in [0.25, 0.3) is 0 Å². The second-order valence-electron chi connectivity index (χ2n) is 5.86. The number of hydrogen-bond donors (Lipinski definition) is 1. The molecule has 0 bridgehead atoms. The van der Waals surface area contributed by atoms with Crippen LogP contribution in [-0.4, -0.2) is 30.5 Å². The van der Waals surface area contributed by atoms with E-state index in [1.54, 1.807) is 0 Å². The fraction of sp³-hybridized carbons (Fsp3) is 0.917. The summed E-state index contributed by atoms with van der Waals surface area (Å²) in [5.41, 5.74) is -1.09. The molecule has 0 aromatic heterocycles. The van der Waals surface area contributed by atoms with Gasteiger partial charge in [0, 0.05) is 0 Å². The lowest BCUT2D eigenvalue weighted by molar-refractivity contribution is -0.189. The van der Waals surface area contributed by atoms with Crippen molar-refractivity contribution < 1.29 is 27.8 Å². The van der Waals surface area contributed by atoms with Gasteiger partial charge in [-0.05, 0) is 31.1 Å². The maximum atomic E-state index is 12.0. The number of halogens is 3. The first-order valence-corrected chi connectivity index (χ1v) is 5.94. The largest absolute Gasteiger partial charge is 0.481 e. The molecule has 0 aliphatic heterocycles. The highest BCUT2D eigenvalue weighted by atomic mass is 19.4. The molecule has 6 heteroatoms. The Labute approximate surface area is 104 Å². The van der Waals surface area contributed by atoms with Gasteiger partial charge < -0.3 is 9.84 Å². The molecule has 0 aromatic carbocycles. The van der Waals surface area contributed by atoms with Gasteiger partial charge in [0.2, 0.25) is 0 Å². The number of carbonyl (C=O) groups is 1. The van der Waals surface area contributed by atoms with Gasteiger partial charge in [-0.15, -0.1) is 0 Å². The molecule has 1 saturated carbocycles. The minimum absolute atomic E-state index is 0.0585. The summed E-state index contributed by atoms with van der Waals surface area (Å²) < 4.78 is 40.5. The van der Waals surface area contributed by atoms with Crippen molar-refractivity contribution in [1.29, 1.82) is 0 Å². The molecule has 0 radical (unpaired) electrons. The van der Waals surface area contributed by atoms with Crippen LogP contribution in [0.3, 0.4) is 0 Å². The van der Waals surface area contributed by atoms with Gasteiger partial charge in [0.15, 0.2) is 0 Å². The van der Waals surface area contributed by atoms with E-state index in [2.05, 4.69) is 4.74 Å². The van der Waals surface area contributed by atoms with Crippen LogP contribution in [0.1, 0.15) is 39.5 Å². The lowest BCUT2D eigenvalue weighted by Crippen LogP contribution is -2.42. The smallest absolute Gasteiger partial charge is 0.411 e. The van der Waals surface area contributed by atoms with Crippen molar-refractivity contribution in [2.24, 2.45) is 10.8 Å². The predicted molar refractivity (Wildman–Crippen MR) is 59.2 cm³/mol. The molecule has 0 amide bonds. The van der Waals surface area contributed by atoms with Crippen LogP contribution in [0.4, 0.5) is 13.2 Å². The predicted octanol–water partition coefficient (Wildman–Crippen LogP) is 3.24. The third kappa shape index (κ3) is 4.15. The van der Waals surface area contributed by atoms with Crippen LogP contribution in [0.2, 0.25) is 0 Å². The molecule has 1 rings (SSSR count). The molecule has 1 fully saturated rings. The molecule has 0 atom stereocenters. The Hall–Kier alpha value is -0.780. The Bertz CT molecular complexity index is 300. The normalized spacial score (nSPS) is 22.7. The Balaban J connectivity index is 2.58. The Morgan fingerprint density at radius 2 is 1.72 bits per heavy atom. The van der Waals surface area contributed by atoms with Crippen LogP contribution >= 0.6 is 0 Å². The summed E-state index contributed by atoms with van der Waals surface area (Å²) in [6, 6.07) is 0. The summed E-state index contributed by atoms with van der Waals surface area (Å²) in [6.45, 7) is 2.33. The Morgan fingerprint density at radius 1 is 1.22 bits per heavy atom. The van der Waals surface area contributed by atoms with Crippen LogP contribution < -0.4 is 0 Å². The van der Waals surface area contributed by atoms with Crippen molar-refractivity contribution in [2.75, 3.05) is 13.2 Å². The standard InChI is InChI=1S/C12H19F3O3/c1-10(2)3-5-11(6-4-10,9(16)17)7-18-8-12(13,14)15/h3-8H2,1-2H3,(H,16,17). The summed E-state index contributed by atoms with van der Waals surface area (Å²) in [7, 11) is 0. The highest BCUT2D eigenvalue weighted by molar-refractivity contribution is 5.75. The van der Waals surface area contributed by atoms with Crippen LogP contribution in [0, 0.1) is 10.8 Å². The lowest BCUT2D eigenvalue weighted by Gasteiger charge is -2.40. The molecular weight excluding hydrogens is 249 g/mol. The van der Waals surface area contributed by atoms with E-state index in [4.69, 9.17) is 0 Å². The van der Waals surface area contributed by atoms with Gasteiger partial charge >= 0.3 is 12.1 Å². The van der Waals surface area contributed by atoms with Gasteiger partial charge in [-0.25, -0.2) is 0 Å². The molecule has 0 heterocycles. The number of carboxylic acids is 1. The Kier molecular flexibility index (Phi) is 4.30. The van der Waals surface area contributed by atoms with Crippen LogP contribution in [-0.2, 0) is 9.53 Å². The molecule has 0 saturated heterocycles. The molecular formula is C12H19F3O3. The van der Waals surface area contributed by atoms with Gasteiger partial charge in [-0.3, -0.25) is 4.79 Å². The monoisotopic (exact) mass is 268 g/mol. The van der Waals surface area contributed by atoms with Crippen molar-refractivity contribution in [3.05, 3.63) is 0 Å². The molecule has 1 aliphatic rings. The molecule has 3 nitrogen and oxygen atoms in total. The van der Waals surface area contributed by atoms with E-state index in [0.717, 1.165) is 0 Å². The quantitative estimate of drug-likeness (QED) is 0.851. The number of ether oxygens (including phenoxy) is 1. The SMILES string of the molecule is CC1(C)CCC(COCC(F)(F)F)(C(=O)O)CC1. The lowest BCUT2D eigenvalue weighted by atomic mass is 9.65. The zero-order valence-electron chi connectivity index (χ0n) is 10.6. The average Bonchev–Trinajstić information content (AvgIpc) is 2.19. The third-order valence-corrected chi connectivity index (χ3v) is 3.66. The van der Waals surface area contributed by atoms with Crippen molar-refractivity contribution >= 4 is 5.97 Å². The van der Waals surface area contributed by atoms with Gasteiger partial charge in [-0.1, -0.05) is 13.8 Å². The molecule has 0 spiro atoms. The highest BCUT2D eigenvalue weighted by Crippen LogP contribution is 2.45. The zero-order valence-corrected chi connectivity index (χ0v) is 10.6. The number of rotatable bonds is 4. The fourth-order valence-corrected chi connectivity index (χ4v) is 2.19. The van der Waals surface area contributed by atoms with E-state index in [0.29, 0.717) is 25.7 Å². The van der Waals surface area contributed by atoms with E-state index < -0.39 is 24.2 Å².